The van der Waals surface area contributed by atoms with Gasteiger partial charge in [0.2, 0.25) is 10.0 Å². The molecule has 0 saturated carbocycles. The second kappa shape index (κ2) is 5.74. The first-order valence-corrected chi connectivity index (χ1v) is 7.70. The van der Waals surface area contributed by atoms with E-state index in [9.17, 15) is 8.42 Å². The van der Waals surface area contributed by atoms with Crippen LogP contribution in [0.25, 0.3) is 0 Å². The van der Waals surface area contributed by atoms with Crippen LogP contribution >= 0.6 is 0 Å². The first-order chi connectivity index (χ1) is 9.44. The van der Waals surface area contributed by atoms with E-state index in [-0.39, 0.29) is 10.9 Å². The Balaban J connectivity index is 2.23. The number of pyridine rings is 1. The van der Waals surface area contributed by atoms with E-state index in [0.29, 0.717) is 6.54 Å². The van der Waals surface area contributed by atoms with Crippen molar-refractivity contribution in [3.05, 3.63) is 48.0 Å². The predicted molar refractivity (Wildman–Crippen MR) is 76.3 cm³/mol. The molecule has 6 nitrogen and oxygen atoms in total. The van der Waals surface area contributed by atoms with Gasteiger partial charge in [0.05, 0.1) is 4.90 Å². The van der Waals surface area contributed by atoms with Crippen molar-refractivity contribution < 1.29 is 8.42 Å². The molecule has 0 bridgehead atoms. The van der Waals surface area contributed by atoms with E-state index in [1.165, 1.54) is 0 Å². The van der Waals surface area contributed by atoms with E-state index < -0.39 is 10.0 Å². The lowest BCUT2D eigenvalue weighted by atomic mass is 10.1. The van der Waals surface area contributed by atoms with Crippen molar-refractivity contribution in [2.75, 3.05) is 0 Å². The Morgan fingerprint density at radius 2 is 2.05 bits per heavy atom. The molecule has 2 aromatic heterocycles. The third kappa shape index (κ3) is 3.06. The summed E-state index contributed by atoms with van der Waals surface area (Å²) in [4.78, 5) is 4.14. The van der Waals surface area contributed by atoms with Crippen molar-refractivity contribution in [2.24, 2.45) is 12.8 Å². The maximum absolute atomic E-state index is 12.3. The summed E-state index contributed by atoms with van der Waals surface area (Å²) in [7, 11) is -1.79. The smallest absolute Gasteiger partial charge is 0.242 e. The van der Waals surface area contributed by atoms with Crippen LogP contribution < -0.4 is 10.5 Å². The van der Waals surface area contributed by atoms with Gasteiger partial charge < -0.3 is 10.3 Å². The maximum atomic E-state index is 12.3. The molecule has 7 heteroatoms. The molecule has 2 rings (SSSR count). The van der Waals surface area contributed by atoms with Gasteiger partial charge in [0, 0.05) is 43.9 Å². The summed E-state index contributed by atoms with van der Waals surface area (Å²) in [5.41, 5.74) is 7.18. The number of rotatable bonds is 5. The summed E-state index contributed by atoms with van der Waals surface area (Å²) in [6.07, 6.45) is 4.83. The van der Waals surface area contributed by atoms with Crippen LogP contribution in [0.3, 0.4) is 0 Å². The number of nitrogens with two attached hydrogens (primary N) is 1. The minimum atomic E-state index is -3.57. The SMILES string of the molecule is CC(NS(=O)(=O)c1cc(CN)n(C)c1)c1ccncc1. The van der Waals surface area contributed by atoms with E-state index >= 15 is 0 Å². The molecule has 2 aromatic rings. The van der Waals surface area contributed by atoms with E-state index in [1.807, 2.05) is 0 Å². The molecule has 2 heterocycles. The lowest BCUT2D eigenvalue weighted by molar-refractivity contribution is 0.566. The number of nitrogens with zero attached hydrogens (tertiary/aromatic N) is 2. The monoisotopic (exact) mass is 294 g/mol. The van der Waals surface area contributed by atoms with E-state index in [2.05, 4.69) is 9.71 Å². The topological polar surface area (TPSA) is 90.0 Å². The van der Waals surface area contributed by atoms with Gasteiger partial charge in [-0.25, -0.2) is 13.1 Å². The molecule has 0 saturated heterocycles. The molecule has 3 N–H and O–H groups in total. The van der Waals surface area contributed by atoms with Gasteiger partial charge in [-0.3, -0.25) is 4.98 Å². The van der Waals surface area contributed by atoms with Crippen molar-refractivity contribution in [2.45, 2.75) is 24.4 Å². The number of sulfonamides is 1. The van der Waals surface area contributed by atoms with Gasteiger partial charge in [0.25, 0.3) is 0 Å². The molecule has 0 spiro atoms. The summed E-state index contributed by atoms with van der Waals surface area (Å²) >= 11 is 0. The van der Waals surface area contributed by atoms with Crippen LogP contribution in [0.5, 0.6) is 0 Å². The average molecular weight is 294 g/mol. The van der Waals surface area contributed by atoms with Crippen molar-refractivity contribution >= 4 is 10.0 Å². The van der Waals surface area contributed by atoms with Crippen molar-refractivity contribution in [3.63, 3.8) is 0 Å². The Kier molecular flexibility index (Phi) is 4.22. The number of aromatic nitrogens is 2. The molecule has 0 amide bonds. The molecule has 0 aromatic carbocycles. The van der Waals surface area contributed by atoms with Gasteiger partial charge in [-0.2, -0.15) is 0 Å². The first kappa shape index (κ1) is 14.7. The highest BCUT2D eigenvalue weighted by Crippen LogP contribution is 2.18. The third-order valence-electron chi connectivity index (χ3n) is 3.14. The Bertz CT molecular complexity index is 680. The van der Waals surface area contributed by atoms with Crippen LogP contribution in [0.15, 0.2) is 41.7 Å². The van der Waals surface area contributed by atoms with Crippen LogP contribution in [0, 0.1) is 0 Å². The Morgan fingerprint density at radius 1 is 1.40 bits per heavy atom. The zero-order valence-corrected chi connectivity index (χ0v) is 12.3. The fourth-order valence-electron chi connectivity index (χ4n) is 1.95. The Hall–Kier alpha value is -1.70. The highest BCUT2D eigenvalue weighted by atomic mass is 32.2. The molecule has 0 aliphatic carbocycles. The fourth-order valence-corrected chi connectivity index (χ4v) is 3.27. The van der Waals surface area contributed by atoms with Gasteiger partial charge in [-0.15, -0.1) is 0 Å². The summed E-state index contributed by atoms with van der Waals surface area (Å²) in [5.74, 6) is 0. The number of nitrogens with one attached hydrogen (secondary N) is 1. The molecular weight excluding hydrogens is 276 g/mol. The minimum Gasteiger partial charge on any atom is -0.352 e. The molecule has 108 valence electrons. The van der Waals surface area contributed by atoms with Crippen LogP contribution in [0.2, 0.25) is 0 Å². The standard InChI is InChI=1S/C13H18N4O2S/c1-10(11-3-5-15-6-4-11)16-20(18,19)13-7-12(8-14)17(2)9-13/h3-7,9-10,16H,8,14H2,1-2H3. The summed E-state index contributed by atoms with van der Waals surface area (Å²) in [5, 5.41) is 0. The van der Waals surface area contributed by atoms with E-state index in [0.717, 1.165) is 11.3 Å². The number of hydrogen-bond acceptors (Lipinski definition) is 4. The van der Waals surface area contributed by atoms with Gasteiger partial charge in [0.15, 0.2) is 0 Å². The summed E-state index contributed by atoms with van der Waals surface area (Å²) in [6, 6.07) is 4.82. The highest BCUT2D eigenvalue weighted by molar-refractivity contribution is 7.89. The van der Waals surface area contributed by atoms with Crippen molar-refractivity contribution in [1.29, 1.82) is 0 Å². The quantitative estimate of drug-likeness (QED) is 0.858. The normalized spacial score (nSPS) is 13.3. The van der Waals surface area contributed by atoms with Gasteiger partial charge in [-0.05, 0) is 30.7 Å². The molecular formula is C13H18N4O2S. The number of hydrogen-bond donors (Lipinski definition) is 2. The first-order valence-electron chi connectivity index (χ1n) is 6.21. The van der Waals surface area contributed by atoms with E-state index in [4.69, 9.17) is 5.73 Å². The Labute approximate surface area is 118 Å². The van der Waals surface area contributed by atoms with Crippen molar-refractivity contribution in [3.8, 4) is 0 Å². The molecule has 1 atom stereocenters. The zero-order chi connectivity index (χ0) is 14.8. The number of aryl methyl sites for hydroxylation is 1. The van der Waals surface area contributed by atoms with E-state index in [1.54, 1.807) is 55.3 Å². The summed E-state index contributed by atoms with van der Waals surface area (Å²) < 4.78 is 29.0. The van der Waals surface area contributed by atoms with Crippen LogP contribution in [0.4, 0.5) is 0 Å². The summed E-state index contributed by atoms with van der Waals surface area (Å²) in [6.45, 7) is 2.09. The zero-order valence-electron chi connectivity index (χ0n) is 11.4. The lowest BCUT2D eigenvalue weighted by Crippen LogP contribution is -2.26. The van der Waals surface area contributed by atoms with Crippen LogP contribution in [-0.4, -0.2) is 18.0 Å². The largest absolute Gasteiger partial charge is 0.352 e. The highest BCUT2D eigenvalue weighted by Gasteiger charge is 2.20. The average Bonchev–Trinajstić information content (AvgIpc) is 2.81. The lowest BCUT2D eigenvalue weighted by Gasteiger charge is -2.13. The molecule has 0 fully saturated rings. The van der Waals surface area contributed by atoms with Gasteiger partial charge in [-0.1, -0.05) is 0 Å². The molecule has 1 unspecified atom stereocenters. The van der Waals surface area contributed by atoms with Gasteiger partial charge in [0.1, 0.15) is 0 Å². The molecule has 0 radical (unpaired) electrons. The van der Waals surface area contributed by atoms with Crippen LogP contribution in [-0.2, 0) is 23.6 Å². The second-order valence-corrected chi connectivity index (χ2v) is 6.32. The van der Waals surface area contributed by atoms with Crippen molar-refractivity contribution in [1.82, 2.24) is 14.3 Å². The second-order valence-electron chi connectivity index (χ2n) is 4.61. The maximum Gasteiger partial charge on any atom is 0.242 e. The predicted octanol–water partition coefficient (Wildman–Crippen LogP) is 0.918. The van der Waals surface area contributed by atoms with Crippen LogP contribution in [0.1, 0.15) is 24.2 Å². The molecule has 0 aliphatic heterocycles. The van der Waals surface area contributed by atoms with Gasteiger partial charge >= 0.3 is 0 Å². The Morgan fingerprint density at radius 3 is 2.60 bits per heavy atom. The third-order valence-corrected chi connectivity index (χ3v) is 4.65. The minimum absolute atomic E-state index is 0.223. The molecule has 0 aliphatic rings. The fraction of sp³-hybridized carbons (Fsp3) is 0.308. The molecule has 20 heavy (non-hydrogen) atoms.